The Morgan fingerprint density at radius 3 is 2.52 bits per heavy atom. The van der Waals surface area contributed by atoms with Crippen molar-refractivity contribution in [1.29, 1.82) is 0 Å². The molecule has 0 heterocycles. The second-order valence-corrected chi connectivity index (χ2v) is 4.96. The summed E-state index contributed by atoms with van der Waals surface area (Å²) in [5, 5.41) is 25.8. The van der Waals surface area contributed by atoms with Crippen LogP contribution in [0, 0.1) is 26.1 Å². The van der Waals surface area contributed by atoms with Gasteiger partial charge in [0.05, 0.1) is 21.6 Å². The number of rotatable bonds is 4. The Hall–Kier alpha value is -2.77. The maximum atomic E-state index is 11.0. The van der Waals surface area contributed by atoms with Crippen LogP contribution >= 0.6 is 0 Å². The zero-order valence-electron chi connectivity index (χ0n) is 11.6. The standard InChI is InChI=1S/C13H14N4O4/c1-8-5-9(2)12(6-8)15-14-11-4-3-10(16(18)19)7-13(11)17(20)21/h3-4,6-7,9,14H,5H2,1-2H3. The molecule has 21 heavy (non-hydrogen) atoms. The first-order valence-electron chi connectivity index (χ1n) is 6.32. The lowest BCUT2D eigenvalue weighted by molar-refractivity contribution is -0.393. The van der Waals surface area contributed by atoms with Crippen LogP contribution in [0.4, 0.5) is 17.1 Å². The number of hydrogen-bond donors (Lipinski definition) is 1. The van der Waals surface area contributed by atoms with Gasteiger partial charge in [-0.15, -0.1) is 0 Å². The second kappa shape index (κ2) is 5.70. The van der Waals surface area contributed by atoms with Crippen LogP contribution in [0.1, 0.15) is 20.3 Å². The zero-order valence-corrected chi connectivity index (χ0v) is 11.6. The third-order valence-electron chi connectivity index (χ3n) is 3.22. The van der Waals surface area contributed by atoms with Crippen molar-refractivity contribution in [3.8, 4) is 0 Å². The Balaban J connectivity index is 2.30. The summed E-state index contributed by atoms with van der Waals surface area (Å²) in [6, 6.07) is 3.41. The summed E-state index contributed by atoms with van der Waals surface area (Å²) < 4.78 is 0. The van der Waals surface area contributed by atoms with Crippen molar-refractivity contribution in [3.63, 3.8) is 0 Å². The van der Waals surface area contributed by atoms with Crippen molar-refractivity contribution >= 4 is 22.8 Å². The highest BCUT2D eigenvalue weighted by Gasteiger charge is 2.20. The van der Waals surface area contributed by atoms with E-state index < -0.39 is 9.85 Å². The Bertz CT molecular complexity index is 666. The molecule has 0 fully saturated rings. The molecule has 1 aromatic carbocycles. The minimum Gasteiger partial charge on any atom is -0.271 e. The van der Waals surface area contributed by atoms with Gasteiger partial charge in [0.25, 0.3) is 5.69 Å². The normalized spacial score (nSPS) is 19.4. The van der Waals surface area contributed by atoms with E-state index in [0.29, 0.717) is 0 Å². The van der Waals surface area contributed by atoms with Crippen LogP contribution in [-0.4, -0.2) is 15.6 Å². The molecule has 1 aliphatic rings. The molecule has 0 saturated heterocycles. The molecule has 8 heteroatoms. The third kappa shape index (κ3) is 3.22. The topological polar surface area (TPSA) is 111 Å². The Morgan fingerprint density at radius 2 is 2.00 bits per heavy atom. The fourth-order valence-electron chi connectivity index (χ4n) is 2.19. The number of anilines is 1. The lowest BCUT2D eigenvalue weighted by Gasteiger charge is -2.05. The van der Waals surface area contributed by atoms with Crippen molar-refractivity contribution < 1.29 is 9.85 Å². The van der Waals surface area contributed by atoms with E-state index in [2.05, 4.69) is 10.5 Å². The number of hydrogen-bond acceptors (Lipinski definition) is 6. The van der Waals surface area contributed by atoms with Gasteiger partial charge in [-0.3, -0.25) is 25.7 Å². The van der Waals surface area contributed by atoms with Crippen LogP contribution < -0.4 is 5.43 Å². The number of non-ortho nitro benzene ring substituents is 1. The van der Waals surface area contributed by atoms with Crippen molar-refractivity contribution in [2.75, 3.05) is 5.43 Å². The van der Waals surface area contributed by atoms with Crippen LogP contribution in [0.15, 0.2) is 34.9 Å². The molecule has 8 nitrogen and oxygen atoms in total. The van der Waals surface area contributed by atoms with Gasteiger partial charge in [0.2, 0.25) is 0 Å². The number of benzene rings is 1. The Morgan fingerprint density at radius 1 is 1.29 bits per heavy atom. The van der Waals surface area contributed by atoms with Gasteiger partial charge in [-0.2, -0.15) is 5.10 Å². The second-order valence-electron chi connectivity index (χ2n) is 4.96. The van der Waals surface area contributed by atoms with Gasteiger partial charge in [0.15, 0.2) is 0 Å². The highest BCUT2D eigenvalue weighted by atomic mass is 16.6. The van der Waals surface area contributed by atoms with E-state index in [-0.39, 0.29) is 23.0 Å². The first-order chi connectivity index (χ1) is 9.88. The Kier molecular flexibility index (Phi) is 3.97. The van der Waals surface area contributed by atoms with E-state index in [0.717, 1.165) is 18.2 Å². The summed E-state index contributed by atoms with van der Waals surface area (Å²) in [6.45, 7) is 4.01. The highest BCUT2D eigenvalue weighted by molar-refractivity contribution is 6.00. The molecule has 1 aromatic rings. The molecule has 110 valence electrons. The molecule has 0 amide bonds. The van der Waals surface area contributed by atoms with Gasteiger partial charge in [-0.25, -0.2) is 0 Å². The van der Waals surface area contributed by atoms with Crippen LogP contribution in [0.2, 0.25) is 0 Å². The number of nitro benzene ring substituents is 2. The van der Waals surface area contributed by atoms with Crippen molar-refractivity contribution in [3.05, 3.63) is 50.1 Å². The molecule has 1 unspecified atom stereocenters. The molecule has 0 spiro atoms. The largest absolute Gasteiger partial charge is 0.301 e. The summed E-state index contributed by atoms with van der Waals surface area (Å²) in [6.07, 6.45) is 2.83. The average molecular weight is 290 g/mol. The molecule has 2 rings (SSSR count). The molecule has 0 radical (unpaired) electrons. The van der Waals surface area contributed by atoms with Crippen LogP contribution in [0.3, 0.4) is 0 Å². The summed E-state index contributed by atoms with van der Waals surface area (Å²) in [4.78, 5) is 20.3. The van der Waals surface area contributed by atoms with Crippen LogP contribution in [0.25, 0.3) is 0 Å². The lowest BCUT2D eigenvalue weighted by atomic mass is 10.1. The fourth-order valence-corrected chi connectivity index (χ4v) is 2.19. The third-order valence-corrected chi connectivity index (χ3v) is 3.22. The van der Waals surface area contributed by atoms with Gasteiger partial charge >= 0.3 is 5.69 Å². The van der Waals surface area contributed by atoms with Crippen molar-refractivity contribution in [1.82, 2.24) is 0 Å². The zero-order chi connectivity index (χ0) is 15.6. The molecular formula is C13H14N4O4. The quantitative estimate of drug-likeness (QED) is 0.675. The predicted molar refractivity (Wildman–Crippen MR) is 78.3 cm³/mol. The van der Waals surface area contributed by atoms with E-state index >= 15 is 0 Å². The molecule has 0 aliphatic heterocycles. The van der Waals surface area contributed by atoms with Gasteiger partial charge in [0.1, 0.15) is 5.69 Å². The average Bonchev–Trinajstić information content (AvgIpc) is 2.74. The van der Waals surface area contributed by atoms with Gasteiger partial charge in [-0.1, -0.05) is 12.5 Å². The molecule has 1 N–H and O–H groups in total. The first kappa shape index (κ1) is 14.6. The van der Waals surface area contributed by atoms with E-state index in [1.54, 1.807) is 0 Å². The minimum atomic E-state index is -0.673. The number of hydrazone groups is 1. The molecule has 1 atom stereocenters. The summed E-state index contributed by atoms with van der Waals surface area (Å²) >= 11 is 0. The summed E-state index contributed by atoms with van der Waals surface area (Å²) in [7, 11) is 0. The van der Waals surface area contributed by atoms with Crippen molar-refractivity contribution in [2.45, 2.75) is 20.3 Å². The monoisotopic (exact) mass is 290 g/mol. The first-order valence-corrected chi connectivity index (χ1v) is 6.32. The van der Waals surface area contributed by atoms with Crippen molar-refractivity contribution in [2.24, 2.45) is 11.0 Å². The molecule has 1 aliphatic carbocycles. The predicted octanol–water partition coefficient (Wildman–Crippen LogP) is 3.26. The van der Waals surface area contributed by atoms with Gasteiger partial charge in [0, 0.05) is 12.0 Å². The summed E-state index contributed by atoms with van der Waals surface area (Å²) in [5.74, 6) is 0.245. The number of nitrogens with one attached hydrogen (secondary N) is 1. The number of nitro groups is 2. The number of allylic oxidation sites excluding steroid dienone is 2. The van der Waals surface area contributed by atoms with Gasteiger partial charge < -0.3 is 0 Å². The minimum absolute atomic E-state index is 0.128. The van der Waals surface area contributed by atoms with E-state index in [1.807, 2.05) is 19.9 Å². The smallest absolute Gasteiger partial charge is 0.271 e. The van der Waals surface area contributed by atoms with E-state index in [1.165, 1.54) is 17.7 Å². The highest BCUT2D eigenvalue weighted by Crippen LogP contribution is 2.29. The molecular weight excluding hydrogens is 276 g/mol. The lowest BCUT2D eigenvalue weighted by Crippen LogP contribution is -2.06. The molecule has 0 bridgehead atoms. The van der Waals surface area contributed by atoms with Crippen LogP contribution in [0.5, 0.6) is 0 Å². The van der Waals surface area contributed by atoms with Crippen LogP contribution in [-0.2, 0) is 0 Å². The fraction of sp³-hybridized carbons (Fsp3) is 0.308. The summed E-state index contributed by atoms with van der Waals surface area (Å²) in [5.41, 5.74) is 4.06. The maximum Gasteiger partial charge on any atom is 0.301 e. The van der Waals surface area contributed by atoms with Gasteiger partial charge in [-0.05, 0) is 25.5 Å². The Labute approximate surface area is 120 Å². The van der Waals surface area contributed by atoms with E-state index in [9.17, 15) is 20.2 Å². The molecule has 0 saturated carbocycles. The number of nitrogens with zero attached hydrogens (tertiary/aromatic N) is 3. The molecule has 0 aromatic heterocycles. The SMILES string of the molecule is CC1=CC(=NNc2ccc([N+](=O)[O-])cc2[N+](=O)[O-])C(C)C1. The maximum absolute atomic E-state index is 11.0. The van der Waals surface area contributed by atoms with E-state index in [4.69, 9.17) is 0 Å².